The summed E-state index contributed by atoms with van der Waals surface area (Å²) in [6.45, 7) is 2.56. The number of benzene rings is 1. The molecule has 0 radical (unpaired) electrons. The average molecular weight is 271 g/mol. The summed E-state index contributed by atoms with van der Waals surface area (Å²) in [6, 6.07) is 8.02. The van der Waals surface area contributed by atoms with Crippen molar-refractivity contribution in [2.75, 3.05) is 5.43 Å². The molecule has 0 aliphatic heterocycles. The van der Waals surface area contributed by atoms with E-state index in [2.05, 4.69) is 33.7 Å². The fourth-order valence-corrected chi connectivity index (χ4v) is 1.86. The molecule has 2 aromatic rings. The maximum Gasteiger partial charge on any atom is 0.271 e. The molecule has 1 heterocycles. The molecule has 0 fully saturated rings. The third kappa shape index (κ3) is 3.30. The summed E-state index contributed by atoms with van der Waals surface area (Å²) in [5.41, 5.74) is 4.95. The lowest BCUT2D eigenvalue weighted by molar-refractivity contribution is 0.0945. The number of hydrogen-bond acceptors (Lipinski definition) is 5. The van der Waals surface area contributed by atoms with Gasteiger partial charge in [0.05, 0.1) is 12.4 Å². The van der Waals surface area contributed by atoms with E-state index in [0.29, 0.717) is 12.4 Å². The number of amides is 1. The van der Waals surface area contributed by atoms with Gasteiger partial charge in [0.25, 0.3) is 5.91 Å². The van der Waals surface area contributed by atoms with Gasteiger partial charge in [-0.25, -0.2) is 15.8 Å². The lowest BCUT2D eigenvalue weighted by atomic mass is 10.1. The highest BCUT2D eigenvalue weighted by atomic mass is 16.1. The van der Waals surface area contributed by atoms with Crippen molar-refractivity contribution in [1.29, 1.82) is 0 Å². The Kier molecular flexibility index (Phi) is 4.62. The number of carbonyl (C=O) groups is 1. The zero-order valence-corrected chi connectivity index (χ0v) is 11.3. The summed E-state index contributed by atoms with van der Waals surface area (Å²) in [5, 5.41) is 2.83. The molecule has 20 heavy (non-hydrogen) atoms. The van der Waals surface area contributed by atoms with Crippen LogP contribution >= 0.6 is 0 Å². The first kappa shape index (κ1) is 14.0. The van der Waals surface area contributed by atoms with E-state index >= 15 is 0 Å². The third-order valence-electron chi connectivity index (χ3n) is 2.97. The molecular weight excluding hydrogens is 254 g/mol. The van der Waals surface area contributed by atoms with Crippen molar-refractivity contribution >= 4 is 11.7 Å². The number of nitrogens with one attached hydrogen (secondary N) is 2. The second-order valence-electron chi connectivity index (χ2n) is 4.24. The van der Waals surface area contributed by atoms with Crippen molar-refractivity contribution in [3.05, 3.63) is 53.5 Å². The average Bonchev–Trinajstić information content (AvgIpc) is 2.53. The van der Waals surface area contributed by atoms with Gasteiger partial charge in [-0.3, -0.25) is 4.79 Å². The van der Waals surface area contributed by atoms with E-state index in [1.54, 1.807) is 0 Å². The van der Waals surface area contributed by atoms with Crippen molar-refractivity contribution in [2.45, 2.75) is 19.9 Å². The van der Waals surface area contributed by atoms with Crippen LogP contribution in [-0.2, 0) is 13.0 Å². The molecule has 1 aromatic carbocycles. The van der Waals surface area contributed by atoms with Crippen molar-refractivity contribution in [2.24, 2.45) is 5.84 Å². The summed E-state index contributed by atoms with van der Waals surface area (Å²) in [4.78, 5) is 19.9. The molecule has 0 aliphatic rings. The number of hydrazine groups is 1. The minimum Gasteiger partial charge on any atom is -0.347 e. The van der Waals surface area contributed by atoms with Crippen molar-refractivity contribution < 1.29 is 4.79 Å². The lowest BCUT2D eigenvalue weighted by Gasteiger charge is -2.09. The Hall–Kier alpha value is -2.47. The summed E-state index contributed by atoms with van der Waals surface area (Å²) < 4.78 is 0. The molecule has 104 valence electrons. The zero-order chi connectivity index (χ0) is 14.4. The summed E-state index contributed by atoms with van der Waals surface area (Å²) >= 11 is 0. The van der Waals surface area contributed by atoms with Crippen molar-refractivity contribution in [1.82, 2.24) is 15.3 Å². The second-order valence-corrected chi connectivity index (χ2v) is 4.24. The SMILES string of the molecule is CCc1ccccc1CNC(=O)c1cnc(NN)cn1. The van der Waals surface area contributed by atoms with Gasteiger partial charge in [-0.05, 0) is 17.5 Å². The molecule has 4 N–H and O–H groups in total. The number of aryl methyl sites for hydroxylation is 1. The molecule has 0 atom stereocenters. The summed E-state index contributed by atoms with van der Waals surface area (Å²) in [5.74, 6) is 5.35. The molecule has 0 spiro atoms. The zero-order valence-electron chi connectivity index (χ0n) is 11.3. The van der Waals surface area contributed by atoms with Gasteiger partial charge in [-0.1, -0.05) is 31.2 Å². The largest absolute Gasteiger partial charge is 0.347 e. The van der Waals surface area contributed by atoms with Gasteiger partial charge in [0.1, 0.15) is 5.69 Å². The molecular formula is C14H17N5O. The van der Waals surface area contributed by atoms with Crippen molar-refractivity contribution in [3.63, 3.8) is 0 Å². The Bertz CT molecular complexity index is 582. The van der Waals surface area contributed by atoms with Crippen LogP contribution in [0.25, 0.3) is 0 Å². The number of rotatable bonds is 5. The van der Waals surface area contributed by atoms with Crippen LogP contribution in [0.3, 0.4) is 0 Å². The molecule has 2 rings (SSSR count). The molecule has 1 amide bonds. The number of carbonyl (C=O) groups excluding carboxylic acids is 1. The maximum atomic E-state index is 12.0. The first-order valence-electron chi connectivity index (χ1n) is 6.38. The molecule has 0 saturated carbocycles. The monoisotopic (exact) mass is 271 g/mol. The molecule has 6 heteroatoms. The maximum absolute atomic E-state index is 12.0. The first-order valence-corrected chi connectivity index (χ1v) is 6.38. The molecule has 0 unspecified atom stereocenters. The normalized spacial score (nSPS) is 10.1. The predicted octanol–water partition coefficient (Wildman–Crippen LogP) is 1.25. The fraction of sp³-hybridized carbons (Fsp3) is 0.214. The summed E-state index contributed by atoms with van der Waals surface area (Å²) in [6.07, 6.45) is 3.73. The van der Waals surface area contributed by atoms with Crippen LogP contribution in [0.2, 0.25) is 0 Å². The van der Waals surface area contributed by atoms with Crippen LogP contribution in [-0.4, -0.2) is 15.9 Å². The summed E-state index contributed by atoms with van der Waals surface area (Å²) in [7, 11) is 0. The van der Waals surface area contributed by atoms with Gasteiger partial charge in [-0.2, -0.15) is 0 Å². The van der Waals surface area contributed by atoms with Crippen LogP contribution in [0.5, 0.6) is 0 Å². The van der Waals surface area contributed by atoms with E-state index in [0.717, 1.165) is 12.0 Å². The number of anilines is 1. The predicted molar refractivity (Wildman–Crippen MR) is 76.8 cm³/mol. The van der Waals surface area contributed by atoms with E-state index in [1.807, 2.05) is 18.2 Å². The number of aromatic nitrogens is 2. The topological polar surface area (TPSA) is 92.9 Å². The lowest BCUT2D eigenvalue weighted by Crippen LogP contribution is -2.24. The van der Waals surface area contributed by atoms with Crippen LogP contribution in [0, 0.1) is 0 Å². The molecule has 0 bridgehead atoms. The Morgan fingerprint density at radius 1 is 1.20 bits per heavy atom. The van der Waals surface area contributed by atoms with Gasteiger partial charge in [0.2, 0.25) is 0 Å². The Morgan fingerprint density at radius 2 is 1.95 bits per heavy atom. The first-order chi connectivity index (χ1) is 9.74. The number of nitrogens with zero attached hydrogens (tertiary/aromatic N) is 2. The second kappa shape index (κ2) is 6.63. The van der Waals surface area contributed by atoms with E-state index in [4.69, 9.17) is 5.84 Å². The Labute approximate surface area is 117 Å². The van der Waals surface area contributed by atoms with Crippen LogP contribution in [0.1, 0.15) is 28.5 Å². The number of nitrogen functional groups attached to an aromatic ring is 1. The van der Waals surface area contributed by atoms with Crippen LogP contribution in [0.15, 0.2) is 36.7 Å². The highest BCUT2D eigenvalue weighted by molar-refractivity contribution is 5.91. The Morgan fingerprint density at radius 3 is 2.55 bits per heavy atom. The van der Waals surface area contributed by atoms with Crippen LogP contribution in [0.4, 0.5) is 5.82 Å². The van der Waals surface area contributed by atoms with E-state index < -0.39 is 0 Å². The fourth-order valence-electron chi connectivity index (χ4n) is 1.86. The van der Waals surface area contributed by atoms with E-state index in [9.17, 15) is 4.79 Å². The quantitative estimate of drug-likeness (QED) is 0.562. The third-order valence-corrected chi connectivity index (χ3v) is 2.97. The van der Waals surface area contributed by atoms with E-state index in [1.165, 1.54) is 18.0 Å². The van der Waals surface area contributed by atoms with Gasteiger partial charge in [0.15, 0.2) is 5.82 Å². The smallest absolute Gasteiger partial charge is 0.271 e. The molecule has 0 aliphatic carbocycles. The van der Waals surface area contributed by atoms with Gasteiger partial charge < -0.3 is 10.7 Å². The molecule has 0 saturated heterocycles. The standard InChI is InChI=1S/C14H17N5O/c1-2-10-5-3-4-6-11(10)7-18-14(20)12-8-17-13(19-15)9-16-12/h3-6,8-9H,2,7,15H2,1H3,(H,17,19)(H,18,20). The minimum absolute atomic E-state index is 0.257. The molecule has 1 aromatic heterocycles. The highest BCUT2D eigenvalue weighted by Gasteiger charge is 2.08. The molecule has 6 nitrogen and oxygen atoms in total. The number of nitrogens with two attached hydrogens (primary N) is 1. The highest BCUT2D eigenvalue weighted by Crippen LogP contribution is 2.09. The van der Waals surface area contributed by atoms with Gasteiger partial charge in [0, 0.05) is 6.54 Å². The van der Waals surface area contributed by atoms with Crippen molar-refractivity contribution in [3.8, 4) is 0 Å². The van der Waals surface area contributed by atoms with Gasteiger partial charge in [-0.15, -0.1) is 0 Å². The van der Waals surface area contributed by atoms with E-state index in [-0.39, 0.29) is 11.6 Å². The Balaban J connectivity index is 2.01. The number of hydrogen-bond donors (Lipinski definition) is 3. The minimum atomic E-state index is -0.257. The van der Waals surface area contributed by atoms with Crippen LogP contribution < -0.4 is 16.6 Å². The van der Waals surface area contributed by atoms with Gasteiger partial charge >= 0.3 is 0 Å².